The highest BCUT2D eigenvalue weighted by atomic mass is 16.7. The van der Waals surface area contributed by atoms with E-state index in [1.165, 1.54) is 19.3 Å². The van der Waals surface area contributed by atoms with Crippen molar-refractivity contribution in [1.82, 2.24) is 20.9 Å². The van der Waals surface area contributed by atoms with Gasteiger partial charge in [0.15, 0.2) is 6.29 Å². The summed E-state index contributed by atoms with van der Waals surface area (Å²) in [6.07, 6.45) is 5.59. The molecule has 3 aliphatic rings. The predicted molar refractivity (Wildman–Crippen MR) is 224 cm³/mol. The molecule has 9 heteroatoms. The van der Waals surface area contributed by atoms with E-state index in [-0.39, 0.29) is 48.3 Å². The number of benzene rings is 4. The summed E-state index contributed by atoms with van der Waals surface area (Å²) in [5.41, 5.74) is 6.59. The first kappa shape index (κ1) is 40.6. The van der Waals surface area contributed by atoms with Crippen LogP contribution < -0.4 is 16.0 Å². The Labute approximate surface area is 338 Å². The molecule has 3 amide bonds. The molecular weight excluding hydrogens is 713 g/mol. The number of carbonyl (C=O) groups excluding carboxylic acids is 2. The number of rotatable bonds is 11. The molecule has 9 nitrogen and oxygen atoms in total. The van der Waals surface area contributed by atoms with Gasteiger partial charge in [-0.3, -0.25) is 9.69 Å². The SMILES string of the molecule is CC1C(CN2C(C(=O)NC(C)(C)C)CCC3CCCCC32)OC(c2cccc(-c3cccc(CNC(=O)NCc4ccccc4)c3)c2)OC1c1ccc(CO)cc1. The highest BCUT2D eigenvalue weighted by Gasteiger charge is 2.46. The lowest BCUT2D eigenvalue weighted by Crippen LogP contribution is -2.61. The maximum absolute atomic E-state index is 13.9. The molecule has 7 unspecified atom stereocenters. The Morgan fingerprint density at radius 1 is 0.737 bits per heavy atom. The fourth-order valence-corrected chi connectivity index (χ4v) is 9.01. The number of hydrogen-bond acceptors (Lipinski definition) is 6. The molecule has 57 heavy (non-hydrogen) atoms. The van der Waals surface area contributed by atoms with Crippen molar-refractivity contribution in [3.05, 3.63) is 131 Å². The molecule has 4 N–H and O–H groups in total. The second-order valence-electron chi connectivity index (χ2n) is 17.3. The molecule has 302 valence electrons. The third-order valence-corrected chi connectivity index (χ3v) is 12.0. The maximum atomic E-state index is 13.9. The molecule has 0 aromatic heterocycles. The van der Waals surface area contributed by atoms with Gasteiger partial charge in [-0.15, -0.1) is 0 Å². The number of aliphatic hydroxyl groups is 1. The van der Waals surface area contributed by atoms with Crippen molar-refractivity contribution in [2.24, 2.45) is 11.8 Å². The zero-order chi connectivity index (χ0) is 39.9. The fourth-order valence-electron chi connectivity index (χ4n) is 9.01. The van der Waals surface area contributed by atoms with E-state index in [1.807, 2.05) is 60.7 Å². The number of ether oxygens (including phenoxy) is 2. The zero-order valence-corrected chi connectivity index (χ0v) is 34.0. The van der Waals surface area contributed by atoms with Crippen LogP contribution in [0.25, 0.3) is 11.1 Å². The van der Waals surface area contributed by atoms with E-state index in [0.29, 0.717) is 31.6 Å². The molecule has 7 atom stereocenters. The van der Waals surface area contributed by atoms with E-state index in [1.54, 1.807) is 0 Å². The van der Waals surface area contributed by atoms with Crippen LogP contribution in [0.15, 0.2) is 103 Å². The normalized spacial score (nSPS) is 25.2. The Bertz CT molecular complexity index is 1950. The molecule has 4 aromatic rings. The summed E-state index contributed by atoms with van der Waals surface area (Å²) in [7, 11) is 0. The smallest absolute Gasteiger partial charge is 0.315 e. The Morgan fingerprint density at radius 3 is 2.16 bits per heavy atom. The number of urea groups is 1. The molecule has 0 bridgehead atoms. The summed E-state index contributed by atoms with van der Waals surface area (Å²) in [5.74, 6) is 0.696. The van der Waals surface area contributed by atoms with Crippen molar-refractivity contribution in [3.8, 4) is 11.1 Å². The van der Waals surface area contributed by atoms with Crippen molar-refractivity contribution >= 4 is 11.9 Å². The topological polar surface area (TPSA) is 112 Å². The highest BCUT2D eigenvalue weighted by Crippen LogP contribution is 2.45. The number of aliphatic hydroxyl groups excluding tert-OH is 1. The van der Waals surface area contributed by atoms with Gasteiger partial charge < -0.3 is 30.5 Å². The van der Waals surface area contributed by atoms with Crippen molar-refractivity contribution in [2.45, 2.75) is 122 Å². The number of nitrogens with zero attached hydrogens (tertiary/aromatic N) is 1. The second kappa shape index (κ2) is 18.4. The van der Waals surface area contributed by atoms with Crippen LogP contribution in [0.1, 0.15) is 106 Å². The third-order valence-electron chi connectivity index (χ3n) is 12.0. The Morgan fingerprint density at radius 2 is 1.42 bits per heavy atom. The number of piperidine rings is 1. The van der Waals surface area contributed by atoms with Gasteiger partial charge in [-0.2, -0.15) is 0 Å². The largest absolute Gasteiger partial charge is 0.392 e. The van der Waals surface area contributed by atoms with Crippen LogP contribution in [-0.4, -0.2) is 52.2 Å². The van der Waals surface area contributed by atoms with Gasteiger partial charge >= 0.3 is 6.03 Å². The molecule has 2 heterocycles. The molecule has 4 aromatic carbocycles. The maximum Gasteiger partial charge on any atom is 0.315 e. The summed E-state index contributed by atoms with van der Waals surface area (Å²) in [5, 5.41) is 19.0. The van der Waals surface area contributed by atoms with Crippen LogP contribution in [-0.2, 0) is 34.0 Å². The van der Waals surface area contributed by atoms with Gasteiger partial charge in [0.1, 0.15) is 0 Å². The molecular formula is C48H60N4O5. The molecule has 7 rings (SSSR count). The van der Waals surface area contributed by atoms with Gasteiger partial charge in [-0.05, 0) is 97.9 Å². The molecule has 1 saturated carbocycles. The second-order valence-corrected chi connectivity index (χ2v) is 17.3. The van der Waals surface area contributed by atoms with E-state index in [0.717, 1.165) is 58.2 Å². The average Bonchev–Trinajstić information content (AvgIpc) is 3.23. The van der Waals surface area contributed by atoms with E-state index < -0.39 is 6.29 Å². The van der Waals surface area contributed by atoms with Gasteiger partial charge in [-0.25, -0.2) is 4.79 Å². The van der Waals surface area contributed by atoms with Crippen LogP contribution in [0.4, 0.5) is 4.79 Å². The van der Waals surface area contributed by atoms with Gasteiger partial charge in [0.2, 0.25) is 5.91 Å². The van der Waals surface area contributed by atoms with Crippen LogP contribution in [0, 0.1) is 11.8 Å². The first-order chi connectivity index (χ1) is 27.5. The van der Waals surface area contributed by atoms with Crippen molar-refractivity contribution in [3.63, 3.8) is 0 Å². The summed E-state index contributed by atoms with van der Waals surface area (Å²) >= 11 is 0. The first-order valence-corrected chi connectivity index (χ1v) is 20.9. The minimum absolute atomic E-state index is 0.00576. The highest BCUT2D eigenvalue weighted by molar-refractivity contribution is 5.82. The summed E-state index contributed by atoms with van der Waals surface area (Å²) < 4.78 is 13.9. The lowest BCUT2D eigenvalue weighted by atomic mass is 9.75. The summed E-state index contributed by atoms with van der Waals surface area (Å²) in [4.78, 5) is 29.0. The molecule has 2 aliphatic heterocycles. The van der Waals surface area contributed by atoms with Gasteiger partial charge in [0.05, 0.1) is 24.9 Å². The minimum Gasteiger partial charge on any atom is -0.392 e. The van der Waals surface area contributed by atoms with Gasteiger partial charge in [0.25, 0.3) is 0 Å². The van der Waals surface area contributed by atoms with Crippen molar-refractivity contribution < 1.29 is 24.2 Å². The quantitative estimate of drug-likeness (QED) is 0.122. The summed E-state index contributed by atoms with van der Waals surface area (Å²) in [6, 6.07) is 34.4. The number of likely N-dealkylation sites (tertiary alicyclic amines) is 1. The molecule has 2 saturated heterocycles. The van der Waals surface area contributed by atoms with E-state index in [4.69, 9.17) is 9.47 Å². The summed E-state index contributed by atoms with van der Waals surface area (Å²) in [6.45, 7) is 9.84. The predicted octanol–water partition coefficient (Wildman–Crippen LogP) is 8.57. The van der Waals surface area contributed by atoms with Gasteiger partial charge in [0, 0.05) is 42.7 Å². The van der Waals surface area contributed by atoms with Crippen LogP contribution in [0.5, 0.6) is 0 Å². The van der Waals surface area contributed by atoms with Gasteiger partial charge in [-0.1, -0.05) is 111 Å². The zero-order valence-electron chi connectivity index (χ0n) is 34.0. The monoisotopic (exact) mass is 772 g/mol. The number of hydrogen-bond donors (Lipinski definition) is 4. The van der Waals surface area contributed by atoms with Crippen LogP contribution in [0.2, 0.25) is 0 Å². The molecule has 0 radical (unpaired) electrons. The van der Waals surface area contributed by atoms with Crippen molar-refractivity contribution in [2.75, 3.05) is 6.54 Å². The van der Waals surface area contributed by atoms with Crippen LogP contribution >= 0.6 is 0 Å². The molecule has 3 fully saturated rings. The first-order valence-electron chi connectivity index (χ1n) is 20.9. The minimum atomic E-state index is -0.638. The van der Waals surface area contributed by atoms with E-state index in [2.05, 4.69) is 91.0 Å². The Balaban J connectivity index is 1.12. The lowest BCUT2D eigenvalue weighted by molar-refractivity contribution is -0.278. The third kappa shape index (κ3) is 10.3. The molecule has 0 spiro atoms. The van der Waals surface area contributed by atoms with E-state index >= 15 is 0 Å². The standard InChI is InChI=1S/C48H60N4O5/c1-32-43(30-52-41-19-9-8-15-36(41)24-25-42(52)45(54)51-48(2,3)4)56-46(57-44(32)37-22-20-34(31-53)21-23-37)40-18-11-17-39(27-40)38-16-10-14-35(26-38)29-50-47(55)49-28-33-12-6-5-7-13-33/h5-7,10-14,16-18,20-23,26-27,32,36,41-44,46,53H,8-9,15,19,24-25,28-31H2,1-4H3,(H,51,54)(H2,49,50,55). The van der Waals surface area contributed by atoms with Crippen molar-refractivity contribution in [1.29, 1.82) is 0 Å². The fraction of sp³-hybridized carbons (Fsp3) is 0.458. The number of nitrogens with one attached hydrogen (secondary N) is 3. The Hall–Kier alpha value is -4.54. The lowest BCUT2D eigenvalue weighted by Gasteiger charge is -2.51. The van der Waals surface area contributed by atoms with Crippen LogP contribution in [0.3, 0.4) is 0 Å². The number of carbonyl (C=O) groups is 2. The molecule has 1 aliphatic carbocycles. The average molecular weight is 773 g/mol. The number of amides is 3. The Kier molecular flexibility index (Phi) is 13.1. The van der Waals surface area contributed by atoms with E-state index in [9.17, 15) is 14.7 Å². The number of fused-ring (bicyclic) bond motifs is 1.